The van der Waals surface area contributed by atoms with Gasteiger partial charge in [0.2, 0.25) is 5.82 Å². The minimum atomic E-state index is -4.59. The van der Waals surface area contributed by atoms with Gasteiger partial charge in [-0.05, 0) is 93.8 Å². The van der Waals surface area contributed by atoms with E-state index in [1.54, 1.807) is 18.3 Å². The summed E-state index contributed by atoms with van der Waals surface area (Å²) in [5.41, 5.74) is 0.412. The van der Waals surface area contributed by atoms with Crippen molar-refractivity contribution in [2.75, 3.05) is 42.9 Å². The van der Waals surface area contributed by atoms with Crippen molar-refractivity contribution in [3.05, 3.63) is 64.7 Å². The lowest BCUT2D eigenvalue weighted by molar-refractivity contribution is -0.384. The number of piperidine rings is 1. The normalized spacial score (nSPS) is 21.9. The number of H-pyrrole nitrogens is 1. The number of nitrogens with one attached hydrogen (secondary N) is 3. The smallest absolute Gasteiger partial charge is 0.312 e. The molecule has 3 N–H and O–H groups in total. The van der Waals surface area contributed by atoms with Crippen molar-refractivity contribution in [2.24, 2.45) is 17.3 Å². The number of nitrogens with zero attached hydrogens (tertiary/aromatic N) is 6. The Hall–Kier alpha value is -4.83. The Kier molecular flexibility index (Phi) is 9.89. The maximum absolute atomic E-state index is 13.7. The summed E-state index contributed by atoms with van der Waals surface area (Å²) in [6.07, 6.45) is 17.0. The SMILES string of the molecule is CC1CCC(CNc2ncc(S(=O)(=O)NC(=O)c3cnc(N4CCC5(CC4)CC(N4CCCC4)C5)cc3Oc3cnc4[nH]ccc4c3)cc2[N+](=O)[O-])CC1. The van der Waals surface area contributed by atoms with Crippen molar-refractivity contribution < 1.29 is 22.9 Å². The highest BCUT2D eigenvalue weighted by atomic mass is 32.2. The molecule has 0 aromatic carbocycles. The first kappa shape index (κ1) is 36.2. The van der Waals surface area contributed by atoms with Crippen molar-refractivity contribution >= 4 is 44.3 Å². The molecule has 4 fully saturated rings. The van der Waals surface area contributed by atoms with Crippen molar-refractivity contribution in [1.29, 1.82) is 0 Å². The monoisotopic (exact) mass is 757 g/mol. The van der Waals surface area contributed by atoms with Crippen LogP contribution in [0.4, 0.5) is 17.3 Å². The molecule has 6 heterocycles. The van der Waals surface area contributed by atoms with Gasteiger partial charge in [0.15, 0.2) is 0 Å². The Morgan fingerprint density at radius 3 is 2.52 bits per heavy atom. The van der Waals surface area contributed by atoms with Crippen molar-refractivity contribution in [1.82, 2.24) is 29.6 Å². The lowest BCUT2D eigenvalue weighted by atomic mass is 9.60. The van der Waals surface area contributed by atoms with Crippen molar-refractivity contribution in [3.63, 3.8) is 0 Å². The number of ether oxygens (including phenoxy) is 1. The molecule has 16 heteroatoms. The molecule has 8 rings (SSSR count). The summed E-state index contributed by atoms with van der Waals surface area (Å²) < 4.78 is 35.4. The lowest BCUT2D eigenvalue weighted by Crippen LogP contribution is -2.54. The second-order valence-corrected chi connectivity index (χ2v) is 17.4. The zero-order chi connectivity index (χ0) is 37.5. The fourth-order valence-electron chi connectivity index (χ4n) is 8.75. The van der Waals surface area contributed by atoms with Crippen LogP contribution in [-0.2, 0) is 10.0 Å². The molecule has 2 saturated heterocycles. The summed E-state index contributed by atoms with van der Waals surface area (Å²) in [6.45, 7) is 6.77. The highest BCUT2D eigenvalue weighted by Gasteiger charge is 2.48. The van der Waals surface area contributed by atoms with Gasteiger partial charge in [0.25, 0.3) is 15.9 Å². The molecule has 4 aromatic heterocycles. The van der Waals surface area contributed by atoms with Crippen LogP contribution < -0.4 is 19.7 Å². The number of amides is 1. The van der Waals surface area contributed by atoms with Crippen LogP contribution in [0.25, 0.3) is 11.0 Å². The Morgan fingerprint density at radius 2 is 1.78 bits per heavy atom. The van der Waals surface area contributed by atoms with Crippen LogP contribution in [0.15, 0.2) is 53.9 Å². The third kappa shape index (κ3) is 7.58. The Labute approximate surface area is 314 Å². The van der Waals surface area contributed by atoms with Gasteiger partial charge in [0.1, 0.15) is 33.4 Å². The zero-order valence-corrected chi connectivity index (χ0v) is 31.3. The number of rotatable bonds is 11. The standard InChI is InChI=1S/C38H47N9O6S/c1-25-4-6-26(7-5-25)21-41-36-32(47(49)50)17-30(23-43-36)54(51,52)44-37(48)31-24-40-34(18-33(31)53-29-16-27-8-11-39-35(27)42-22-29)46-14-9-38(10-15-46)19-28(20-38)45-12-2-3-13-45/h8,11,16-18,22-26,28H,2-7,9-10,12-15,19-21H2,1H3,(H,39,42)(H,41,43)(H,44,48). The Bertz CT molecular complexity index is 2130. The fourth-order valence-corrected chi connectivity index (χ4v) is 9.68. The number of carbonyl (C=O) groups excluding carboxylic acids is 1. The third-order valence-corrected chi connectivity index (χ3v) is 13.4. The number of likely N-dealkylation sites (tertiary alicyclic amines) is 1. The van der Waals surface area contributed by atoms with Crippen LogP contribution in [0.5, 0.6) is 11.5 Å². The van der Waals surface area contributed by atoms with E-state index in [2.05, 4.69) is 46.7 Å². The molecule has 15 nitrogen and oxygen atoms in total. The van der Waals surface area contributed by atoms with Crippen LogP contribution in [0.2, 0.25) is 0 Å². The number of pyridine rings is 3. The van der Waals surface area contributed by atoms with Gasteiger partial charge in [-0.2, -0.15) is 0 Å². The summed E-state index contributed by atoms with van der Waals surface area (Å²) in [6, 6.07) is 6.89. The quantitative estimate of drug-likeness (QED) is 0.115. The maximum Gasteiger partial charge on any atom is 0.312 e. The number of aromatic nitrogens is 4. The number of hydrogen-bond donors (Lipinski definition) is 3. The van der Waals surface area contributed by atoms with Gasteiger partial charge in [0, 0.05) is 55.6 Å². The molecule has 0 bridgehead atoms. The summed E-state index contributed by atoms with van der Waals surface area (Å²) >= 11 is 0. The van der Waals surface area contributed by atoms with Gasteiger partial charge in [-0.25, -0.2) is 28.1 Å². The van der Waals surface area contributed by atoms with Gasteiger partial charge < -0.3 is 24.8 Å². The average molecular weight is 758 g/mol. The average Bonchev–Trinajstić information content (AvgIpc) is 3.86. The van der Waals surface area contributed by atoms with Gasteiger partial charge in [-0.3, -0.25) is 14.9 Å². The molecule has 0 atom stereocenters. The summed E-state index contributed by atoms with van der Waals surface area (Å²) in [5.74, 6) is 1.07. The van der Waals surface area contributed by atoms with E-state index in [0.717, 1.165) is 69.3 Å². The number of aromatic amines is 1. The highest BCUT2D eigenvalue weighted by molar-refractivity contribution is 7.90. The molecule has 286 valence electrons. The molecule has 4 aromatic rings. The molecular formula is C38H47N9O6S. The van der Waals surface area contributed by atoms with Gasteiger partial charge in [0.05, 0.1) is 17.3 Å². The molecule has 2 aliphatic carbocycles. The van der Waals surface area contributed by atoms with Crippen LogP contribution in [-0.4, -0.2) is 82.8 Å². The number of nitro groups is 1. The van der Waals surface area contributed by atoms with Crippen LogP contribution in [0.1, 0.15) is 81.5 Å². The van der Waals surface area contributed by atoms with Crippen LogP contribution >= 0.6 is 0 Å². The first-order valence-corrected chi connectivity index (χ1v) is 20.6. The van der Waals surface area contributed by atoms with Gasteiger partial charge in [-0.1, -0.05) is 19.8 Å². The second kappa shape index (κ2) is 14.8. The predicted octanol–water partition coefficient (Wildman–Crippen LogP) is 6.26. The van der Waals surface area contributed by atoms with E-state index in [-0.39, 0.29) is 17.1 Å². The molecule has 1 spiro atoms. The van der Waals surface area contributed by atoms with E-state index in [1.165, 1.54) is 51.2 Å². The first-order chi connectivity index (χ1) is 26.0. The molecular weight excluding hydrogens is 711 g/mol. The maximum atomic E-state index is 13.7. The minimum Gasteiger partial charge on any atom is -0.455 e. The van der Waals surface area contributed by atoms with E-state index in [9.17, 15) is 23.3 Å². The van der Waals surface area contributed by atoms with Gasteiger partial charge >= 0.3 is 5.69 Å². The highest BCUT2D eigenvalue weighted by Crippen LogP contribution is 2.52. The number of sulfonamides is 1. The fraction of sp³-hybridized carbons (Fsp3) is 0.526. The number of fused-ring (bicyclic) bond motifs is 1. The molecule has 0 radical (unpaired) electrons. The Morgan fingerprint density at radius 1 is 1.02 bits per heavy atom. The number of hydrogen-bond acceptors (Lipinski definition) is 12. The Balaban J connectivity index is 0.997. The van der Waals surface area contributed by atoms with Crippen LogP contribution in [0, 0.1) is 27.4 Å². The molecule has 2 aliphatic heterocycles. The number of carbonyl (C=O) groups is 1. The van der Waals surface area contributed by atoms with Crippen molar-refractivity contribution in [3.8, 4) is 11.5 Å². The second-order valence-electron chi connectivity index (χ2n) is 15.8. The molecule has 54 heavy (non-hydrogen) atoms. The minimum absolute atomic E-state index is 0.0141. The van der Waals surface area contributed by atoms with Gasteiger partial charge in [-0.15, -0.1) is 0 Å². The summed E-state index contributed by atoms with van der Waals surface area (Å²) in [7, 11) is -4.59. The molecule has 1 amide bonds. The number of anilines is 2. The van der Waals surface area contributed by atoms with E-state index < -0.39 is 31.4 Å². The van der Waals surface area contributed by atoms with Crippen molar-refractivity contribution in [2.45, 2.75) is 82.1 Å². The first-order valence-electron chi connectivity index (χ1n) is 19.1. The zero-order valence-electron chi connectivity index (χ0n) is 30.5. The van der Waals surface area contributed by atoms with Crippen LogP contribution in [0.3, 0.4) is 0 Å². The molecule has 2 saturated carbocycles. The van der Waals surface area contributed by atoms with E-state index >= 15 is 0 Å². The molecule has 0 unspecified atom stereocenters. The van der Waals surface area contributed by atoms with E-state index in [4.69, 9.17) is 4.74 Å². The predicted molar refractivity (Wildman–Crippen MR) is 203 cm³/mol. The van der Waals surface area contributed by atoms with E-state index in [0.29, 0.717) is 47.1 Å². The largest absolute Gasteiger partial charge is 0.455 e. The summed E-state index contributed by atoms with van der Waals surface area (Å²) in [5, 5.41) is 15.9. The molecule has 4 aliphatic rings. The third-order valence-electron chi connectivity index (χ3n) is 12.1. The summed E-state index contributed by atoms with van der Waals surface area (Å²) in [4.78, 5) is 45.5. The topological polar surface area (TPSA) is 189 Å². The lowest BCUT2D eigenvalue weighted by Gasteiger charge is -2.55. The van der Waals surface area contributed by atoms with E-state index in [1.807, 2.05) is 6.07 Å².